The first-order chi connectivity index (χ1) is 5.59. The van der Waals surface area contributed by atoms with Gasteiger partial charge in [0.2, 0.25) is 0 Å². The van der Waals surface area contributed by atoms with Gasteiger partial charge in [0.25, 0.3) is 0 Å². The second kappa shape index (κ2) is 3.40. The normalized spacial score (nSPS) is 9.75. The van der Waals surface area contributed by atoms with Crippen LogP contribution in [0.5, 0.6) is 0 Å². The number of nitrogens with two attached hydrogens (primary N) is 1. The molecule has 0 saturated carbocycles. The molecule has 0 atom stereocenters. The van der Waals surface area contributed by atoms with Crippen molar-refractivity contribution in [3.8, 4) is 0 Å². The molecule has 0 spiro atoms. The van der Waals surface area contributed by atoms with Gasteiger partial charge in [-0.05, 0) is 11.6 Å². The number of nitrogen functional groups attached to an aromatic ring is 1. The van der Waals surface area contributed by atoms with E-state index in [1.807, 2.05) is 0 Å². The third-order valence-corrected chi connectivity index (χ3v) is 1.58. The van der Waals surface area contributed by atoms with Crippen LogP contribution in [0, 0.1) is 0 Å². The van der Waals surface area contributed by atoms with E-state index in [-0.39, 0.29) is 17.3 Å². The van der Waals surface area contributed by atoms with Crippen LogP contribution in [0.25, 0.3) is 0 Å². The number of carboxylic acid groups (broad SMARTS) is 1. The van der Waals surface area contributed by atoms with E-state index >= 15 is 0 Å². The summed E-state index contributed by atoms with van der Waals surface area (Å²) in [5.74, 6) is -0.705. The molecule has 0 unspecified atom stereocenters. The highest BCUT2D eigenvalue weighted by Crippen LogP contribution is 2.16. The fourth-order valence-corrected chi connectivity index (χ4v) is 0.948. The van der Waals surface area contributed by atoms with Crippen LogP contribution in [-0.2, 0) is 11.2 Å². The molecule has 0 amide bonds. The molecule has 5 heteroatoms. The Morgan fingerprint density at radius 1 is 1.75 bits per heavy atom. The van der Waals surface area contributed by atoms with Gasteiger partial charge in [-0.15, -0.1) is 0 Å². The summed E-state index contributed by atoms with van der Waals surface area (Å²) in [4.78, 5) is 14.0. The Hall–Kier alpha value is -1.29. The van der Waals surface area contributed by atoms with Gasteiger partial charge in [-0.2, -0.15) is 0 Å². The van der Waals surface area contributed by atoms with Gasteiger partial charge in [0.15, 0.2) is 0 Å². The van der Waals surface area contributed by atoms with Crippen LogP contribution in [0.3, 0.4) is 0 Å². The maximum absolute atomic E-state index is 10.3. The summed E-state index contributed by atoms with van der Waals surface area (Å²) >= 11 is 5.62. The molecule has 64 valence electrons. The molecule has 0 aromatic carbocycles. The van der Waals surface area contributed by atoms with Crippen molar-refractivity contribution in [1.29, 1.82) is 0 Å². The van der Waals surface area contributed by atoms with Gasteiger partial charge in [-0.25, -0.2) is 4.98 Å². The van der Waals surface area contributed by atoms with Crippen LogP contribution in [0.2, 0.25) is 5.02 Å². The maximum Gasteiger partial charge on any atom is 0.307 e. The van der Waals surface area contributed by atoms with Crippen LogP contribution in [0.1, 0.15) is 5.56 Å². The number of carboxylic acids is 1. The highest BCUT2D eigenvalue weighted by atomic mass is 35.5. The number of halogens is 1. The van der Waals surface area contributed by atoms with Crippen molar-refractivity contribution in [3.63, 3.8) is 0 Å². The zero-order chi connectivity index (χ0) is 9.14. The summed E-state index contributed by atoms with van der Waals surface area (Å²) in [7, 11) is 0. The first-order valence-electron chi connectivity index (χ1n) is 3.21. The number of anilines is 1. The minimum atomic E-state index is -0.919. The molecule has 1 rings (SSSR count). The van der Waals surface area contributed by atoms with Gasteiger partial charge in [0.05, 0.1) is 11.4 Å². The summed E-state index contributed by atoms with van der Waals surface area (Å²) in [5.41, 5.74) is 5.87. The fraction of sp³-hybridized carbons (Fsp3) is 0.143. The molecule has 1 heterocycles. The summed E-state index contributed by atoms with van der Waals surface area (Å²) in [6.45, 7) is 0. The SMILES string of the molecule is Nc1ncc(CC(=O)O)cc1Cl. The number of nitrogens with zero attached hydrogens (tertiary/aromatic N) is 1. The zero-order valence-electron chi connectivity index (χ0n) is 6.12. The minimum absolute atomic E-state index is 0.0903. The van der Waals surface area contributed by atoms with Crippen LogP contribution < -0.4 is 5.73 Å². The molecule has 4 nitrogen and oxygen atoms in total. The Labute approximate surface area is 74.0 Å². The molecular formula is C7H7ClN2O2. The Kier molecular flexibility index (Phi) is 2.50. The molecule has 0 bridgehead atoms. The van der Waals surface area contributed by atoms with Crippen molar-refractivity contribution in [3.05, 3.63) is 22.8 Å². The van der Waals surface area contributed by atoms with E-state index in [1.165, 1.54) is 12.3 Å². The van der Waals surface area contributed by atoms with Gasteiger partial charge in [-0.3, -0.25) is 4.79 Å². The van der Waals surface area contributed by atoms with Crippen molar-refractivity contribution in [2.45, 2.75) is 6.42 Å². The molecule has 3 N–H and O–H groups in total. The topological polar surface area (TPSA) is 76.2 Å². The van der Waals surface area contributed by atoms with E-state index in [4.69, 9.17) is 22.4 Å². The van der Waals surface area contributed by atoms with Crippen LogP contribution >= 0.6 is 11.6 Å². The number of carbonyl (C=O) groups is 1. The molecular weight excluding hydrogens is 180 g/mol. The van der Waals surface area contributed by atoms with E-state index in [9.17, 15) is 4.79 Å². The molecule has 0 aliphatic heterocycles. The predicted molar refractivity (Wildman–Crippen MR) is 45.0 cm³/mol. The summed E-state index contributed by atoms with van der Waals surface area (Å²) in [5, 5.41) is 8.71. The zero-order valence-corrected chi connectivity index (χ0v) is 6.88. The Bertz CT molecular complexity index is 314. The summed E-state index contributed by atoms with van der Waals surface area (Å²) in [6, 6.07) is 1.50. The molecule has 0 aliphatic rings. The largest absolute Gasteiger partial charge is 0.481 e. The highest BCUT2D eigenvalue weighted by Gasteiger charge is 2.03. The van der Waals surface area contributed by atoms with Gasteiger partial charge < -0.3 is 10.8 Å². The van der Waals surface area contributed by atoms with Crippen molar-refractivity contribution in [2.75, 3.05) is 5.73 Å². The quantitative estimate of drug-likeness (QED) is 0.721. The lowest BCUT2D eigenvalue weighted by Gasteiger charge is -1.99. The van der Waals surface area contributed by atoms with Gasteiger partial charge in [-0.1, -0.05) is 11.6 Å². The number of pyridine rings is 1. The van der Waals surface area contributed by atoms with Crippen molar-refractivity contribution in [1.82, 2.24) is 4.98 Å². The van der Waals surface area contributed by atoms with Crippen LogP contribution in [0.15, 0.2) is 12.3 Å². The number of aliphatic carboxylic acids is 1. The average molecular weight is 187 g/mol. The lowest BCUT2D eigenvalue weighted by molar-refractivity contribution is -0.136. The van der Waals surface area contributed by atoms with Crippen molar-refractivity contribution >= 4 is 23.4 Å². The maximum atomic E-state index is 10.3. The van der Waals surface area contributed by atoms with Gasteiger partial charge in [0, 0.05) is 6.20 Å². The predicted octanol–water partition coefficient (Wildman–Crippen LogP) is 0.944. The summed E-state index contributed by atoms with van der Waals surface area (Å²) in [6.07, 6.45) is 1.31. The molecule has 1 aromatic rings. The van der Waals surface area contributed by atoms with Crippen LogP contribution in [0.4, 0.5) is 5.82 Å². The van der Waals surface area contributed by atoms with Crippen molar-refractivity contribution in [2.24, 2.45) is 0 Å². The molecule has 0 aliphatic carbocycles. The van der Waals surface area contributed by atoms with E-state index in [0.717, 1.165) is 0 Å². The number of hydrogen-bond donors (Lipinski definition) is 2. The van der Waals surface area contributed by atoms with E-state index in [2.05, 4.69) is 4.98 Å². The Balaban J connectivity index is 2.89. The number of aromatic nitrogens is 1. The van der Waals surface area contributed by atoms with Gasteiger partial charge >= 0.3 is 5.97 Å². The van der Waals surface area contributed by atoms with E-state index in [1.54, 1.807) is 0 Å². The smallest absolute Gasteiger partial charge is 0.307 e. The molecule has 0 saturated heterocycles. The molecule has 0 fully saturated rings. The van der Waals surface area contributed by atoms with E-state index < -0.39 is 5.97 Å². The Morgan fingerprint density at radius 2 is 2.42 bits per heavy atom. The lowest BCUT2D eigenvalue weighted by atomic mass is 10.2. The number of hydrogen-bond acceptors (Lipinski definition) is 3. The Morgan fingerprint density at radius 3 is 2.92 bits per heavy atom. The van der Waals surface area contributed by atoms with Crippen LogP contribution in [-0.4, -0.2) is 16.1 Å². The number of rotatable bonds is 2. The second-order valence-corrected chi connectivity index (χ2v) is 2.69. The molecule has 1 aromatic heterocycles. The fourth-order valence-electron chi connectivity index (χ4n) is 0.759. The highest BCUT2D eigenvalue weighted by molar-refractivity contribution is 6.32. The summed E-state index contributed by atoms with van der Waals surface area (Å²) < 4.78 is 0. The minimum Gasteiger partial charge on any atom is -0.481 e. The second-order valence-electron chi connectivity index (χ2n) is 2.28. The molecule has 12 heavy (non-hydrogen) atoms. The van der Waals surface area contributed by atoms with Gasteiger partial charge in [0.1, 0.15) is 5.82 Å². The third-order valence-electron chi connectivity index (χ3n) is 1.28. The lowest BCUT2D eigenvalue weighted by Crippen LogP contribution is -2.01. The molecule has 0 radical (unpaired) electrons. The standard InChI is InChI=1S/C7H7ClN2O2/c8-5-1-4(2-6(11)12)3-10-7(5)9/h1,3H,2H2,(H2,9,10)(H,11,12). The third kappa shape index (κ3) is 2.10. The van der Waals surface area contributed by atoms with E-state index in [0.29, 0.717) is 5.56 Å². The monoisotopic (exact) mass is 186 g/mol. The average Bonchev–Trinajstić information content (AvgIpc) is 1.96. The first kappa shape index (κ1) is 8.80. The van der Waals surface area contributed by atoms with Crippen molar-refractivity contribution < 1.29 is 9.90 Å². The first-order valence-corrected chi connectivity index (χ1v) is 3.59.